The number of nitrogens with zero attached hydrogens (tertiary/aromatic N) is 2. The van der Waals surface area contributed by atoms with Crippen LogP contribution in [0, 0.1) is 0 Å². The van der Waals surface area contributed by atoms with E-state index in [0.29, 0.717) is 6.42 Å². The maximum Gasteiger partial charge on any atom is 0.320 e. The number of rotatable bonds is 5. The predicted molar refractivity (Wildman–Crippen MR) is 51.8 cm³/mol. The molecule has 3 N–H and O–H groups in total. The number of imidazole rings is 1. The quantitative estimate of drug-likeness (QED) is 0.708. The molecule has 5 heteroatoms. The van der Waals surface area contributed by atoms with Crippen LogP contribution in [0.15, 0.2) is 12.5 Å². The number of aryl methyl sites for hydroxylation is 1. The van der Waals surface area contributed by atoms with E-state index < -0.39 is 12.0 Å². The summed E-state index contributed by atoms with van der Waals surface area (Å²) in [4.78, 5) is 14.5. The number of nitrogens with two attached hydrogens (primary N) is 1. The van der Waals surface area contributed by atoms with Gasteiger partial charge in [0.2, 0.25) is 0 Å². The summed E-state index contributed by atoms with van der Waals surface area (Å²) >= 11 is 0. The van der Waals surface area contributed by atoms with E-state index >= 15 is 0 Å². The molecule has 0 aliphatic heterocycles. The molecule has 0 unspecified atom stereocenters. The Morgan fingerprint density at radius 2 is 2.50 bits per heavy atom. The van der Waals surface area contributed by atoms with Crippen LogP contribution in [-0.2, 0) is 17.8 Å². The standard InChI is InChI=1S/C9H15N3O2/c1-2-3-12-6-11-5-7(12)4-8(10)9(13)14/h5-6,8H,2-4,10H2,1H3,(H,13,14)/t8-/m0/s1. The normalized spacial score (nSPS) is 12.7. The van der Waals surface area contributed by atoms with Crippen molar-refractivity contribution in [1.29, 1.82) is 0 Å². The summed E-state index contributed by atoms with van der Waals surface area (Å²) in [5.41, 5.74) is 6.31. The molecule has 1 aromatic heterocycles. The summed E-state index contributed by atoms with van der Waals surface area (Å²) in [6, 6.07) is -0.845. The van der Waals surface area contributed by atoms with E-state index in [4.69, 9.17) is 10.8 Å². The molecule has 5 nitrogen and oxygen atoms in total. The van der Waals surface area contributed by atoms with Crippen molar-refractivity contribution < 1.29 is 9.90 Å². The number of hydrogen-bond donors (Lipinski definition) is 2. The molecular weight excluding hydrogens is 182 g/mol. The van der Waals surface area contributed by atoms with Crippen LogP contribution in [0.1, 0.15) is 19.0 Å². The van der Waals surface area contributed by atoms with Gasteiger partial charge >= 0.3 is 5.97 Å². The molecular formula is C9H15N3O2. The molecule has 0 fully saturated rings. The van der Waals surface area contributed by atoms with E-state index in [1.807, 2.05) is 4.57 Å². The fraction of sp³-hybridized carbons (Fsp3) is 0.556. The fourth-order valence-corrected chi connectivity index (χ4v) is 1.27. The zero-order valence-corrected chi connectivity index (χ0v) is 8.18. The van der Waals surface area contributed by atoms with Gasteiger partial charge in [-0.2, -0.15) is 0 Å². The molecule has 1 heterocycles. The van der Waals surface area contributed by atoms with Crippen molar-refractivity contribution in [3.63, 3.8) is 0 Å². The van der Waals surface area contributed by atoms with Crippen LogP contribution >= 0.6 is 0 Å². The molecule has 0 saturated carbocycles. The fourth-order valence-electron chi connectivity index (χ4n) is 1.27. The van der Waals surface area contributed by atoms with Crippen LogP contribution in [-0.4, -0.2) is 26.7 Å². The Balaban J connectivity index is 2.66. The molecule has 78 valence electrons. The SMILES string of the molecule is CCCn1cncc1C[C@H](N)C(=O)O. The maximum atomic E-state index is 10.5. The average Bonchev–Trinajstić information content (AvgIpc) is 2.53. The second-order valence-electron chi connectivity index (χ2n) is 3.23. The summed E-state index contributed by atoms with van der Waals surface area (Å²) in [5, 5.41) is 8.65. The van der Waals surface area contributed by atoms with Crippen LogP contribution in [0.3, 0.4) is 0 Å². The second-order valence-corrected chi connectivity index (χ2v) is 3.23. The van der Waals surface area contributed by atoms with Crippen molar-refractivity contribution in [2.45, 2.75) is 32.4 Å². The zero-order chi connectivity index (χ0) is 10.6. The molecule has 14 heavy (non-hydrogen) atoms. The molecule has 0 spiro atoms. The van der Waals surface area contributed by atoms with Crippen molar-refractivity contribution in [2.75, 3.05) is 0 Å². The van der Waals surface area contributed by atoms with Gasteiger partial charge in [-0.25, -0.2) is 4.98 Å². The van der Waals surface area contributed by atoms with Crippen molar-refractivity contribution in [3.05, 3.63) is 18.2 Å². The number of carbonyl (C=O) groups is 1. The minimum Gasteiger partial charge on any atom is -0.480 e. The third kappa shape index (κ3) is 2.56. The van der Waals surface area contributed by atoms with E-state index in [1.54, 1.807) is 12.5 Å². The van der Waals surface area contributed by atoms with E-state index in [1.165, 1.54) is 0 Å². The first-order chi connectivity index (χ1) is 6.65. The first-order valence-electron chi connectivity index (χ1n) is 4.62. The van der Waals surface area contributed by atoms with Crippen LogP contribution in [0.5, 0.6) is 0 Å². The van der Waals surface area contributed by atoms with Crippen molar-refractivity contribution in [1.82, 2.24) is 9.55 Å². The van der Waals surface area contributed by atoms with Gasteiger partial charge in [-0.05, 0) is 6.42 Å². The summed E-state index contributed by atoms with van der Waals surface area (Å²) in [6.45, 7) is 2.91. The molecule has 0 saturated heterocycles. The highest BCUT2D eigenvalue weighted by atomic mass is 16.4. The van der Waals surface area contributed by atoms with Gasteiger partial charge in [-0.3, -0.25) is 4.79 Å². The van der Waals surface area contributed by atoms with Crippen LogP contribution in [0.4, 0.5) is 0 Å². The van der Waals surface area contributed by atoms with Crippen LogP contribution in [0.25, 0.3) is 0 Å². The summed E-state index contributed by atoms with van der Waals surface area (Å²) in [5.74, 6) is -0.978. The highest BCUT2D eigenvalue weighted by Gasteiger charge is 2.14. The highest BCUT2D eigenvalue weighted by Crippen LogP contribution is 2.03. The van der Waals surface area contributed by atoms with Gasteiger partial charge < -0.3 is 15.4 Å². The number of aliphatic carboxylic acids is 1. The zero-order valence-electron chi connectivity index (χ0n) is 8.18. The van der Waals surface area contributed by atoms with Gasteiger partial charge in [0.1, 0.15) is 6.04 Å². The molecule has 0 aliphatic carbocycles. The number of hydrogen-bond acceptors (Lipinski definition) is 3. The lowest BCUT2D eigenvalue weighted by Gasteiger charge is -2.08. The van der Waals surface area contributed by atoms with E-state index in [9.17, 15) is 4.79 Å². The van der Waals surface area contributed by atoms with Crippen LogP contribution < -0.4 is 5.73 Å². The third-order valence-electron chi connectivity index (χ3n) is 2.01. The molecule has 1 atom stereocenters. The molecule has 1 rings (SSSR count). The van der Waals surface area contributed by atoms with Gasteiger partial charge in [0, 0.05) is 24.9 Å². The molecule has 0 aliphatic rings. The summed E-state index contributed by atoms with van der Waals surface area (Å²) in [6.07, 6.45) is 4.69. The molecule has 0 amide bonds. The second kappa shape index (κ2) is 4.76. The maximum absolute atomic E-state index is 10.5. The topological polar surface area (TPSA) is 81.1 Å². The van der Waals surface area contributed by atoms with Gasteiger partial charge in [0.25, 0.3) is 0 Å². The Kier molecular flexibility index (Phi) is 3.64. The molecule has 0 aromatic carbocycles. The smallest absolute Gasteiger partial charge is 0.320 e. The lowest BCUT2D eigenvalue weighted by atomic mass is 10.2. The Bertz CT molecular complexity index is 309. The number of aromatic nitrogens is 2. The van der Waals surface area contributed by atoms with E-state index in [0.717, 1.165) is 18.7 Å². The van der Waals surface area contributed by atoms with Gasteiger partial charge in [0.15, 0.2) is 0 Å². The minimum atomic E-state index is -0.978. The third-order valence-corrected chi connectivity index (χ3v) is 2.01. The van der Waals surface area contributed by atoms with Crippen LogP contribution in [0.2, 0.25) is 0 Å². The largest absolute Gasteiger partial charge is 0.480 e. The Morgan fingerprint density at radius 1 is 1.79 bits per heavy atom. The van der Waals surface area contributed by atoms with Gasteiger partial charge in [-0.1, -0.05) is 6.92 Å². The lowest BCUT2D eigenvalue weighted by Crippen LogP contribution is -2.33. The Morgan fingerprint density at radius 3 is 3.07 bits per heavy atom. The number of carboxylic acids is 1. The average molecular weight is 197 g/mol. The Labute approximate surface area is 82.6 Å². The first-order valence-corrected chi connectivity index (χ1v) is 4.62. The minimum absolute atomic E-state index is 0.329. The molecule has 0 radical (unpaired) electrons. The van der Waals surface area contributed by atoms with E-state index in [-0.39, 0.29) is 0 Å². The van der Waals surface area contributed by atoms with Gasteiger partial charge in [0.05, 0.1) is 6.33 Å². The monoisotopic (exact) mass is 197 g/mol. The highest BCUT2D eigenvalue weighted by molar-refractivity contribution is 5.73. The Hall–Kier alpha value is -1.36. The van der Waals surface area contributed by atoms with Crippen molar-refractivity contribution in [2.24, 2.45) is 5.73 Å². The van der Waals surface area contributed by atoms with Crippen molar-refractivity contribution in [3.8, 4) is 0 Å². The van der Waals surface area contributed by atoms with Gasteiger partial charge in [-0.15, -0.1) is 0 Å². The number of carboxylic acid groups (broad SMARTS) is 1. The molecule has 1 aromatic rings. The summed E-state index contributed by atoms with van der Waals surface area (Å²) < 4.78 is 1.93. The van der Waals surface area contributed by atoms with Crippen molar-refractivity contribution >= 4 is 5.97 Å². The lowest BCUT2D eigenvalue weighted by molar-refractivity contribution is -0.138. The molecule has 0 bridgehead atoms. The first kappa shape index (κ1) is 10.7. The summed E-state index contributed by atoms with van der Waals surface area (Å²) in [7, 11) is 0. The predicted octanol–water partition coefficient (Wildman–Crippen LogP) is 0.248. The van der Waals surface area contributed by atoms with E-state index in [2.05, 4.69) is 11.9 Å².